The highest BCUT2D eigenvalue weighted by atomic mass is 35.5. The first-order valence-electron chi connectivity index (χ1n) is 6.36. The highest BCUT2D eigenvalue weighted by Gasteiger charge is 2.27. The third kappa shape index (κ3) is 5.23. The van der Waals surface area contributed by atoms with Crippen molar-refractivity contribution in [2.24, 2.45) is 0 Å². The van der Waals surface area contributed by atoms with Crippen LogP contribution in [0.5, 0.6) is 0 Å². The Hall–Kier alpha value is -1.82. The molecule has 5 nitrogen and oxygen atoms in total. The topological polar surface area (TPSA) is 69.6 Å². The number of anilines is 1. The predicted octanol–water partition coefficient (Wildman–Crippen LogP) is 3.59. The van der Waals surface area contributed by atoms with Gasteiger partial charge in [-0.05, 0) is 39.0 Å². The SMILES string of the molecule is CC(C)(C)N(CCC(=O)O)C(=O)Nc1cc(Cl)ccc1F. The van der Waals surface area contributed by atoms with Crippen LogP contribution in [-0.2, 0) is 4.79 Å². The second-order valence-corrected chi connectivity index (χ2v) is 5.96. The molecule has 0 aliphatic heterocycles. The summed E-state index contributed by atoms with van der Waals surface area (Å²) in [4.78, 5) is 24.3. The maximum atomic E-state index is 13.6. The first kappa shape index (κ1) is 17.2. The van der Waals surface area contributed by atoms with Gasteiger partial charge in [0, 0.05) is 17.1 Å². The molecule has 0 heterocycles. The van der Waals surface area contributed by atoms with E-state index >= 15 is 0 Å². The molecule has 0 fully saturated rings. The van der Waals surface area contributed by atoms with E-state index in [2.05, 4.69) is 5.32 Å². The van der Waals surface area contributed by atoms with Gasteiger partial charge < -0.3 is 15.3 Å². The van der Waals surface area contributed by atoms with Crippen LogP contribution >= 0.6 is 11.6 Å². The van der Waals surface area contributed by atoms with Crippen LogP contribution in [0.3, 0.4) is 0 Å². The van der Waals surface area contributed by atoms with Gasteiger partial charge in [-0.3, -0.25) is 4.79 Å². The summed E-state index contributed by atoms with van der Waals surface area (Å²) >= 11 is 5.76. The molecular weight excluding hydrogens is 299 g/mol. The smallest absolute Gasteiger partial charge is 0.322 e. The van der Waals surface area contributed by atoms with Gasteiger partial charge in [-0.1, -0.05) is 11.6 Å². The average molecular weight is 317 g/mol. The van der Waals surface area contributed by atoms with Crippen LogP contribution in [0, 0.1) is 5.82 Å². The maximum absolute atomic E-state index is 13.6. The molecule has 7 heteroatoms. The van der Waals surface area contributed by atoms with E-state index in [1.165, 1.54) is 17.0 Å². The van der Waals surface area contributed by atoms with Crippen molar-refractivity contribution in [2.75, 3.05) is 11.9 Å². The normalized spacial score (nSPS) is 11.1. The Morgan fingerprint density at radius 1 is 1.38 bits per heavy atom. The predicted molar refractivity (Wildman–Crippen MR) is 79.1 cm³/mol. The minimum atomic E-state index is -1.01. The molecular formula is C14H18ClFN2O3. The van der Waals surface area contributed by atoms with E-state index in [9.17, 15) is 14.0 Å². The number of carboxylic acid groups (broad SMARTS) is 1. The zero-order chi connectivity index (χ0) is 16.2. The third-order valence-electron chi connectivity index (χ3n) is 2.77. The van der Waals surface area contributed by atoms with Gasteiger partial charge in [-0.15, -0.1) is 0 Å². The summed E-state index contributed by atoms with van der Waals surface area (Å²) in [5, 5.41) is 11.5. The lowest BCUT2D eigenvalue weighted by molar-refractivity contribution is -0.137. The van der Waals surface area contributed by atoms with Gasteiger partial charge in [-0.25, -0.2) is 9.18 Å². The summed E-state index contributed by atoms with van der Waals surface area (Å²) in [6, 6.07) is 3.24. The lowest BCUT2D eigenvalue weighted by Gasteiger charge is -2.35. The quantitative estimate of drug-likeness (QED) is 0.892. The molecule has 0 aliphatic carbocycles. The number of rotatable bonds is 4. The Kier molecular flexibility index (Phi) is 5.54. The second kappa shape index (κ2) is 6.76. The van der Waals surface area contributed by atoms with Crippen molar-refractivity contribution in [1.82, 2.24) is 4.90 Å². The maximum Gasteiger partial charge on any atom is 0.322 e. The van der Waals surface area contributed by atoms with E-state index in [0.29, 0.717) is 5.02 Å². The van der Waals surface area contributed by atoms with Crippen molar-refractivity contribution in [3.8, 4) is 0 Å². The first-order valence-corrected chi connectivity index (χ1v) is 6.74. The molecule has 0 aromatic heterocycles. The largest absolute Gasteiger partial charge is 0.481 e. The lowest BCUT2D eigenvalue weighted by Crippen LogP contribution is -2.48. The van der Waals surface area contributed by atoms with Gasteiger partial charge in [0.1, 0.15) is 5.82 Å². The number of amides is 2. The first-order chi connectivity index (χ1) is 9.61. The highest BCUT2D eigenvalue weighted by molar-refractivity contribution is 6.30. The number of hydrogen-bond acceptors (Lipinski definition) is 2. The fourth-order valence-corrected chi connectivity index (χ4v) is 1.90. The molecule has 0 saturated heterocycles. The number of carbonyl (C=O) groups excluding carboxylic acids is 1. The Balaban J connectivity index is 2.90. The monoisotopic (exact) mass is 316 g/mol. The van der Waals surface area contributed by atoms with Gasteiger partial charge in [0.15, 0.2) is 0 Å². The standard InChI is InChI=1S/C14H18ClFN2O3/c1-14(2,3)18(7-6-12(19)20)13(21)17-11-8-9(15)4-5-10(11)16/h4-5,8H,6-7H2,1-3H3,(H,17,21)(H,19,20). The molecule has 0 atom stereocenters. The lowest BCUT2D eigenvalue weighted by atomic mass is 10.1. The van der Waals surface area contributed by atoms with Crippen molar-refractivity contribution < 1.29 is 19.1 Å². The number of benzene rings is 1. The Bertz CT molecular complexity index is 544. The van der Waals surface area contributed by atoms with Gasteiger partial charge in [0.2, 0.25) is 0 Å². The number of aliphatic carboxylic acids is 1. The average Bonchev–Trinajstić information content (AvgIpc) is 2.32. The molecule has 1 aromatic carbocycles. The van der Waals surface area contributed by atoms with Crippen LogP contribution in [0.4, 0.5) is 14.9 Å². The number of carbonyl (C=O) groups is 2. The summed E-state index contributed by atoms with van der Waals surface area (Å²) in [5.74, 6) is -1.62. The molecule has 116 valence electrons. The number of carboxylic acids is 1. The molecule has 2 amide bonds. The van der Waals surface area contributed by atoms with Crippen LogP contribution in [0.15, 0.2) is 18.2 Å². The van der Waals surface area contributed by atoms with Crippen molar-refractivity contribution in [3.05, 3.63) is 29.0 Å². The van der Waals surface area contributed by atoms with Gasteiger partial charge >= 0.3 is 12.0 Å². The Morgan fingerprint density at radius 3 is 2.52 bits per heavy atom. The van der Waals surface area contributed by atoms with Crippen LogP contribution in [0.1, 0.15) is 27.2 Å². The molecule has 21 heavy (non-hydrogen) atoms. The third-order valence-corrected chi connectivity index (χ3v) is 3.01. The summed E-state index contributed by atoms with van der Waals surface area (Å²) in [5.41, 5.74) is -0.647. The Labute approximate surface area is 127 Å². The van der Waals surface area contributed by atoms with Gasteiger partial charge in [0.05, 0.1) is 12.1 Å². The molecule has 0 unspecified atom stereocenters. The van der Waals surface area contributed by atoms with E-state index in [-0.39, 0.29) is 18.7 Å². The summed E-state index contributed by atoms with van der Waals surface area (Å²) in [7, 11) is 0. The van der Waals surface area contributed by atoms with E-state index in [4.69, 9.17) is 16.7 Å². The van der Waals surface area contributed by atoms with Crippen molar-refractivity contribution in [1.29, 1.82) is 0 Å². The van der Waals surface area contributed by atoms with E-state index in [0.717, 1.165) is 6.07 Å². The fourth-order valence-electron chi connectivity index (χ4n) is 1.73. The zero-order valence-electron chi connectivity index (χ0n) is 12.1. The van der Waals surface area contributed by atoms with E-state index in [1.54, 1.807) is 20.8 Å². The number of urea groups is 1. The van der Waals surface area contributed by atoms with Crippen LogP contribution in [-0.4, -0.2) is 34.1 Å². The molecule has 1 aromatic rings. The molecule has 0 aliphatic rings. The second-order valence-electron chi connectivity index (χ2n) is 5.52. The fraction of sp³-hybridized carbons (Fsp3) is 0.429. The molecule has 0 spiro atoms. The number of hydrogen-bond donors (Lipinski definition) is 2. The van der Waals surface area contributed by atoms with Gasteiger partial charge in [0.25, 0.3) is 0 Å². The van der Waals surface area contributed by atoms with Crippen LogP contribution in [0.25, 0.3) is 0 Å². The van der Waals surface area contributed by atoms with E-state index in [1.807, 2.05) is 0 Å². The van der Waals surface area contributed by atoms with Crippen LogP contribution in [0.2, 0.25) is 5.02 Å². The van der Waals surface area contributed by atoms with Crippen molar-refractivity contribution >= 4 is 29.3 Å². The molecule has 0 radical (unpaired) electrons. The molecule has 2 N–H and O–H groups in total. The number of nitrogens with zero attached hydrogens (tertiary/aromatic N) is 1. The van der Waals surface area contributed by atoms with E-state index < -0.39 is 23.4 Å². The Morgan fingerprint density at radius 2 is 2.00 bits per heavy atom. The minimum Gasteiger partial charge on any atom is -0.481 e. The van der Waals surface area contributed by atoms with Crippen LogP contribution < -0.4 is 5.32 Å². The summed E-state index contributed by atoms with van der Waals surface area (Å²) in [6.45, 7) is 5.32. The van der Waals surface area contributed by atoms with Gasteiger partial charge in [-0.2, -0.15) is 0 Å². The number of nitrogens with one attached hydrogen (secondary N) is 1. The van der Waals surface area contributed by atoms with Crippen molar-refractivity contribution in [3.63, 3.8) is 0 Å². The zero-order valence-corrected chi connectivity index (χ0v) is 12.9. The molecule has 0 saturated carbocycles. The highest BCUT2D eigenvalue weighted by Crippen LogP contribution is 2.22. The van der Waals surface area contributed by atoms with Crippen molar-refractivity contribution in [2.45, 2.75) is 32.7 Å². The minimum absolute atomic E-state index is 0.0207. The summed E-state index contributed by atoms with van der Waals surface area (Å²) in [6.07, 6.45) is -0.192. The molecule has 0 bridgehead atoms. The molecule has 1 rings (SSSR count). The number of halogens is 2. The summed E-state index contributed by atoms with van der Waals surface area (Å²) < 4.78 is 13.6.